The van der Waals surface area contributed by atoms with Crippen molar-refractivity contribution < 1.29 is 4.79 Å². The Kier molecular flexibility index (Phi) is 3.60. The Balaban J connectivity index is 1.88. The second kappa shape index (κ2) is 5.55. The van der Waals surface area contributed by atoms with Gasteiger partial charge in [0.1, 0.15) is 11.5 Å². The van der Waals surface area contributed by atoms with Gasteiger partial charge in [-0.3, -0.25) is 9.78 Å². The quantitative estimate of drug-likeness (QED) is 0.934. The highest BCUT2D eigenvalue weighted by atomic mass is 16.2. The standard InChI is InChI=1S/C15H19N5O/c1-16-14-10-17-9-11(18-14)12-5-4-8-20(12)15(21)13-6-3-7-19(13)2/h3,6-7,9-10,12H,4-5,8H2,1-2H3,(H,16,18)/t12-/m0/s1. The molecule has 1 N–H and O–H groups in total. The van der Waals surface area contributed by atoms with Gasteiger partial charge in [-0.25, -0.2) is 4.98 Å². The van der Waals surface area contributed by atoms with Gasteiger partial charge >= 0.3 is 0 Å². The van der Waals surface area contributed by atoms with Crippen LogP contribution < -0.4 is 5.32 Å². The molecule has 1 fully saturated rings. The predicted molar refractivity (Wildman–Crippen MR) is 80.0 cm³/mol. The van der Waals surface area contributed by atoms with Gasteiger partial charge in [0.2, 0.25) is 0 Å². The van der Waals surface area contributed by atoms with Gasteiger partial charge < -0.3 is 14.8 Å². The van der Waals surface area contributed by atoms with Gasteiger partial charge in [0.15, 0.2) is 0 Å². The van der Waals surface area contributed by atoms with Crippen LogP contribution in [0.4, 0.5) is 5.82 Å². The monoisotopic (exact) mass is 285 g/mol. The minimum Gasteiger partial charge on any atom is -0.372 e. The number of likely N-dealkylation sites (tertiary alicyclic amines) is 1. The lowest BCUT2D eigenvalue weighted by Crippen LogP contribution is -2.32. The van der Waals surface area contributed by atoms with Crippen LogP contribution >= 0.6 is 0 Å². The first kappa shape index (κ1) is 13.6. The molecule has 1 aliphatic heterocycles. The second-order valence-corrected chi connectivity index (χ2v) is 5.24. The van der Waals surface area contributed by atoms with E-state index in [1.807, 2.05) is 41.9 Å². The van der Waals surface area contributed by atoms with Crippen molar-refractivity contribution in [2.24, 2.45) is 7.05 Å². The van der Waals surface area contributed by atoms with Crippen LogP contribution in [0.3, 0.4) is 0 Å². The van der Waals surface area contributed by atoms with Crippen LogP contribution in [0.15, 0.2) is 30.7 Å². The first-order chi connectivity index (χ1) is 10.2. The van der Waals surface area contributed by atoms with E-state index in [0.29, 0.717) is 5.69 Å². The largest absolute Gasteiger partial charge is 0.372 e. The van der Waals surface area contributed by atoms with E-state index < -0.39 is 0 Å². The molecule has 6 nitrogen and oxygen atoms in total. The Morgan fingerprint density at radius 1 is 1.43 bits per heavy atom. The molecule has 0 radical (unpaired) electrons. The van der Waals surface area contributed by atoms with Gasteiger partial charge in [-0.05, 0) is 25.0 Å². The van der Waals surface area contributed by atoms with E-state index in [2.05, 4.69) is 15.3 Å². The van der Waals surface area contributed by atoms with Crippen molar-refractivity contribution in [1.82, 2.24) is 19.4 Å². The molecule has 3 heterocycles. The SMILES string of the molecule is CNc1cncc([C@@H]2CCCN2C(=O)c2cccn2C)n1. The van der Waals surface area contributed by atoms with Crippen molar-refractivity contribution >= 4 is 11.7 Å². The van der Waals surface area contributed by atoms with E-state index in [0.717, 1.165) is 30.9 Å². The number of hydrogen-bond acceptors (Lipinski definition) is 4. The molecule has 0 saturated carbocycles. The Labute approximate surface area is 123 Å². The molecule has 0 spiro atoms. The lowest BCUT2D eigenvalue weighted by atomic mass is 10.1. The average molecular weight is 285 g/mol. The van der Waals surface area contributed by atoms with E-state index in [9.17, 15) is 4.79 Å². The summed E-state index contributed by atoms with van der Waals surface area (Å²) >= 11 is 0. The Bertz CT molecular complexity index is 651. The van der Waals surface area contributed by atoms with Crippen LogP contribution in [0.2, 0.25) is 0 Å². The Hall–Kier alpha value is -2.37. The number of hydrogen-bond donors (Lipinski definition) is 1. The van der Waals surface area contributed by atoms with Crippen LogP contribution in [0, 0.1) is 0 Å². The highest BCUT2D eigenvalue weighted by Gasteiger charge is 2.32. The molecule has 21 heavy (non-hydrogen) atoms. The molecule has 6 heteroatoms. The number of nitrogens with one attached hydrogen (secondary N) is 1. The molecule has 1 atom stereocenters. The van der Waals surface area contributed by atoms with E-state index in [1.54, 1.807) is 12.4 Å². The summed E-state index contributed by atoms with van der Waals surface area (Å²) < 4.78 is 1.85. The summed E-state index contributed by atoms with van der Waals surface area (Å²) in [5, 5.41) is 2.99. The summed E-state index contributed by atoms with van der Waals surface area (Å²) in [7, 11) is 3.70. The first-order valence-corrected chi connectivity index (χ1v) is 7.12. The highest BCUT2D eigenvalue weighted by molar-refractivity contribution is 5.93. The summed E-state index contributed by atoms with van der Waals surface area (Å²) in [6.45, 7) is 0.764. The minimum absolute atomic E-state index is 0.00759. The van der Waals surface area contributed by atoms with Crippen LogP contribution in [0.1, 0.15) is 35.1 Å². The molecule has 1 saturated heterocycles. The minimum atomic E-state index is 0.00759. The van der Waals surface area contributed by atoms with Crippen molar-refractivity contribution in [3.63, 3.8) is 0 Å². The van der Waals surface area contributed by atoms with Crippen LogP contribution in [0.25, 0.3) is 0 Å². The number of anilines is 1. The molecule has 1 amide bonds. The van der Waals surface area contributed by atoms with Crippen molar-refractivity contribution in [1.29, 1.82) is 0 Å². The van der Waals surface area contributed by atoms with Gasteiger partial charge in [-0.1, -0.05) is 0 Å². The summed E-state index contributed by atoms with van der Waals surface area (Å²) in [6, 6.07) is 3.75. The third kappa shape index (κ3) is 2.49. The fourth-order valence-corrected chi connectivity index (χ4v) is 2.81. The molecule has 2 aromatic rings. The fraction of sp³-hybridized carbons (Fsp3) is 0.400. The van der Waals surface area contributed by atoms with Gasteiger partial charge in [-0.2, -0.15) is 0 Å². The first-order valence-electron chi connectivity index (χ1n) is 7.12. The molecule has 0 unspecified atom stereocenters. The van der Waals surface area contributed by atoms with Crippen LogP contribution in [-0.4, -0.2) is 38.9 Å². The molecular formula is C15H19N5O. The number of aryl methyl sites for hydroxylation is 1. The zero-order valence-electron chi connectivity index (χ0n) is 12.3. The number of amides is 1. The smallest absolute Gasteiger partial charge is 0.271 e. The maximum absolute atomic E-state index is 12.7. The Morgan fingerprint density at radius 3 is 3.00 bits per heavy atom. The van der Waals surface area contributed by atoms with E-state index in [1.165, 1.54) is 0 Å². The van der Waals surface area contributed by atoms with Gasteiger partial charge in [0, 0.05) is 26.8 Å². The van der Waals surface area contributed by atoms with Gasteiger partial charge in [0.05, 0.1) is 24.1 Å². The lowest BCUT2D eigenvalue weighted by molar-refractivity contribution is 0.0723. The van der Waals surface area contributed by atoms with Gasteiger partial charge in [0.25, 0.3) is 5.91 Å². The molecular weight excluding hydrogens is 266 g/mol. The zero-order valence-corrected chi connectivity index (χ0v) is 12.3. The summed E-state index contributed by atoms with van der Waals surface area (Å²) in [5.74, 6) is 0.785. The maximum atomic E-state index is 12.7. The van der Waals surface area contributed by atoms with E-state index in [-0.39, 0.29) is 11.9 Å². The molecule has 0 aromatic carbocycles. The van der Waals surface area contributed by atoms with Crippen molar-refractivity contribution in [3.05, 3.63) is 42.1 Å². The number of carbonyl (C=O) groups excluding carboxylic acids is 1. The number of carbonyl (C=O) groups is 1. The van der Waals surface area contributed by atoms with Gasteiger partial charge in [-0.15, -0.1) is 0 Å². The number of nitrogens with zero attached hydrogens (tertiary/aromatic N) is 4. The van der Waals surface area contributed by atoms with Crippen molar-refractivity contribution in [2.45, 2.75) is 18.9 Å². The molecule has 0 bridgehead atoms. The molecule has 2 aromatic heterocycles. The van der Waals surface area contributed by atoms with Crippen LogP contribution in [-0.2, 0) is 7.05 Å². The Morgan fingerprint density at radius 2 is 2.29 bits per heavy atom. The summed E-state index contributed by atoms with van der Waals surface area (Å²) in [5.41, 5.74) is 1.56. The molecule has 0 aliphatic carbocycles. The average Bonchev–Trinajstić information content (AvgIpc) is 3.15. The third-order valence-electron chi connectivity index (χ3n) is 3.93. The summed E-state index contributed by atoms with van der Waals surface area (Å²) in [4.78, 5) is 23.4. The fourth-order valence-electron chi connectivity index (χ4n) is 2.81. The molecule has 3 rings (SSSR count). The molecule has 1 aliphatic rings. The van der Waals surface area contributed by atoms with E-state index >= 15 is 0 Å². The predicted octanol–water partition coefficient (Wildman–Crippen LogP) is 1.83. The molecule has 110 valence electrons. The third-order valence-corrected chi connectivity index (χ3v) is 3.93. The summed E-state index contributed by atoms with van der Waals surface area (Å²) in [6.07, 6.45) is 7.24. The number of rotatable bonds is 3. The van der Waals surface area contributed by atoms with Crippen molar-refractivity contribution in [2.75, 3.05) is 18.9 Å². The zero-order chi connectivity index (χ0) is 14.8. The number of aromatic nitrogens is 3. The van der Waals surface area contributed by atoms with Crippen LogP contribution in [0.5, 0.6) is 0 Å². The topological polar surface area (TPSA) is 63.1 Å². The van der Waals surface area contributed by atoms with E-state index in [4.69, 9.17) is 0 Å². The normalized spacial score (nSPS) is 18.0. The highest BCUT2D eigenvalue weighted by Crippen LogP contribution is 2.32. The maximum Gasteiger partial charge on any atom is 0.271 e. The van der Waals surface area contributed by atoms with Crippen molar-refractivity contribution in [3.8, 4) is 0 Å². The second-order valence-electron chi connectivity index (χ2n) is 5.24. The lowest BCUT2D eigenvalue weighted by Gasteiger charge is -2.24.